The summed E-state index contributed by atoms with van der Waals surface area (Å²) in [5.41, 5.74) is 8.33. The Morgan fingerprint density at radius 1 is 1.07 bits per heavy atom. The van der Waals surface area contributed by atoms with Crippen LogP contribution in [0.15, 0.2) is 59.9 Å². The number of anilines is 3. The third-order valence-corrected chi connectivity index (χ3v) is 7.45. The molecule has 2 aliphatic heterocycles. The van der Waals surface area contributed by atoms with Crippen molar-refractivity contribution in [2.24, 2.45) is 11.7 Å². The maximum absolute atomic E-state index is 13.9. The smallest absolute Gasteiger partial charge is 0.329 e. The fraction of sp³-hybridized carbons (Fsp3) is 0.250. The molecule has 2 aliphatic rings. The van der Waals surface area contributed by atoms with Gasteiger partial charge < -0.3 is 20.5 Å². The van der Waals surface area contributed by atoms with Gasteiger partial charge in [-0.25, -0.2) is 14.8 Å². The molecule has 3 amide bonds. The molecule has 0 spiro atoms. The van der Waals surface area contributed by atoms with E-state index in [9.17, 15) is 19.6 Å². The van der Waals surface area contributed by atoms with Crippen molar-refractivity contribution in [3.63, 3.8) is 0 Å². The van der Waals surface area contributed by atoms with Crippen LogP contribution in [0.25, 0.3) is 10.9 Å². The van der Waals surface area contributed by atoms with E-state index in [1.54, 1.807) is 46.3 Å². The number of H-pyrrole nitrogens is 1. The second-order valence-corrected chi connectivity index (χ2v) is 9.91. The minimum atomic E-state index is -0.687. The van der Waals surface area contributed by atoms with Crippen LogP contribution in [-0.4, -0.2) is 56.4 Å². The summed E-state index contributed by atoms with van der Waals surface area (Å²) in [7, 11) is 0. The number of carbonyl (C=O) groups is 2. The molecule has 40 heavy (non-hydrogen) atoms. The molecule has 6 rings (SSSR count). The third kappa shape index (κ3) is 4.47. The van der Waals surface area contributed by atoms with Crippen molar-refractivity contribution in [1.29, 1.82) is 5.26 Å². The number of hydrogen-bond acceptors (Lipinski definition) is 8. The average molecular weight is 536 g/mol. The zero-order valence-corrected chi connectivity index (χ0v) is 21.4. The minimum absolute atomic E-state index is 0.0565. The molecule has 200 valence electrons. The van der Waals surface area contributed by atoms with Gasteiger partial charge in [0.2, 0.25) is 0 Å². The Bertz CT molecular complexity index is 1730. The Labute approximate surface area is 228 Å². The first-order chi connectivity index (χ1) is 19.4. The maximum atomic E-state index is 13.9. The monoisotopic (exact) mass is 535 g/mol. The molecule has 3 N–H and O–H groups in total. The highest BCUT2D eigenvalue weighted by Gasteiger charge is 2.34. The van der Waals surface area contributed by atoms with E-state index >= 15 is 0 Å². The van der Waals surface area contributed by atoms with E-state index in [0.29, 0.717) is 59.8 Å². The average Bonchev–Trinajstić information content (AvgIpc) is 2.97. The molecular formula is C28H25N9O3. The topological polar surface area (TPSA) is 165 Å². The highest BCUT2D eigenvalue weighted by Crippen LogP contribution is 2.37. The number of benzene rings is 1. The number of rotatable bonds is 5. The molecule has 1 saturated heterocycles. The molecule has 1 fully saturated rings. The summed E-state index contributed by atoms with van der Waals surface area (Å²) in [5, 5.41) is 9.94. The highest BCUT2D eigenvalue weighted by molar-refractivity contribution is 6.03. The van der Waals surface area contributed by atoms with Crippen molar-refractivity contribution >= 4 is 40.0 Å². The van der Waals surface area contributed by atoms with Crippen LogP contribution >= 0.6 is 0 Å². The first kappa shape index (κ1) is 25.0. The van der Waals surface area contributed by atoms with E-state index in [1.165, 1.54) is 18.6 Å². The van der Waals surface area contributed by atoms with E-state index in [2.05, 4.69) is 30.9 Å². The Hall–Kier alpha value is -5.31. The van der Waals surface area contributed by atoms with Gasteiger partial charge in [-0.1, -0.05) is 0 Å². The van der Waals surface area contributed by atoms with Gasteiger partial charge in [-0.05, 0) is 60.7 Å². The molecule has 0 radical (unpaired) electrons. The van der Waals surface area contributed by atoms with Crippen molar-refractivity contribution in [2.45, 2.75) is 19.4 Å². The predicted molar refractivity (Wildman–Crippen MR) is 147 cm³/mol. The highest BCUT2D eigenvalue weighted by atomic mass is 16.2. The molecular weight excluding hydrogens is 510 g/mol. The van der Waals surface area contributed by atoms with Crippen molar-refractivity contribution in [2.75, 3.05) is 29.4 Å². The predicted octanol–water partition coefficient (Wildman–Crippen LogP) is 2.67. The zero-order valence-electron chi connectivity index (χ0n) is 21.4. The summed E-state index contributed by atoms with van der Waals surface area (Å²) < 4.78 is 0. The number of pyridine rings is 2. The number of primary amides is 1. The molecule has 0 saturated carbocycles. The molecule has 0 aliphatic carbocycles. The van der Waals surface area contributed by atoms with E-state index in [1.807, 2.05) is 0 Å². The fourth-order valence-electron chi connectivity index (χ4n) is 5.48. The molecule has 4 aromatic rings. The van der Waals surface area contributed by atoms with Crippen LogP contribution in [0.4, 0.5) is 22.0 Å². The lowest BCUT2D eigenvalue weighted by atomic mass is 9.95. The van der Waals surface area contributed by atoms with E-state index in [-0.39, 0.29) is 23.2 Å². The molecule has 5 heterocycles. The number of amides is 3. The molecule has 12 heteroatoms. The van der Waals surface area contributed by atoms with Crippen LogP contribution in [0.1, 0.15) is 34.5 Å². The number of fused-ring (bicyclic) bond motifs is 2. The Morgan fingerprint density at radius 3 is 2.65 bits per heavy atom. The number of nitrogens with two attached hydrogens (primary N) is 1. The normalized spacial score (nSPS) is 15.7. The Kier molecular flexibility index (Phi) is 6.31. The fourth-order valence-corrected chi connectivity index (χ4v) is 5.48. The van der Waals surface area contributed by atoms with Gasteiger partial charge >= 0.3 is 6.03 Å². The summed E-state index contributed by atoms with van der Waals surface area (Å²) in [6.07, 6.45) is 6.09. The van der Waals surface area contributed by atoms with Crippen molar-refractivity contribution < 1.29 is 9.59 Å². The van der Waals surface area contributed by atoms with Gasteiger partial charge in [0, 0.05) is 38.6 Å². The maximum Gasteiger partial charge on any atom is 0.329 e. The summed E-state index contributed by atoms with van der Waals surface area (Å²) >= 11 is 0. The van der Waals surface area contributed by atoms with Gasteiger partial charge in [0.05, 0.1) is 34.9 Å². The zero-order chi connectivity index (χ0) is 27.8. The van der Waals surface area contributed by atoms with Gasteiger partial charge in [-0.15, -0.1) is 0 Å². The van der Waals surface area contributed by atoms with E-state index in [4.69, 9.17) is 5.73 Å². The number of hydrogen-bond donors (Lipinski definition) is 2. The largest absolute Gasteiger partial charge is 0.364 e. The molecule has 0 unspecified atom stereocenters. The van der Waals surface area contributed by atoms with Crippen LogP contribution < -0.4 is 21.1 Å². The van der Waals surface area contributed by atoms with Crippen LogP contribution in [0.2, 0.25) is 0 Å². The standard InChI is InChI=1S/C28H25N9O3/c29-13-18-1-2-23-19(11-18)15-36(28(40)37(23)20-3-7-31-22(12-20)25(30)38)14-17-5-9-35(10-6-17)26-24-21(4-8-32-26)33-16-34-27(24)39/h1-4,7-8,11-12,16-17H,5-6,9-10,14-15H2,(H2,30,38)(H,33,34,39). The second kappa shape index (κ2) is 10.1. The number of urea groups is 1. The van der Waals surface area contributed by atoms with Gasteiger partial charge in [0.1, 0.15) is 16.9 Å². The van der Waals surface area contributed by atoms with Gasteiger partial charge in [-0.3, -0.25) is 19.5 Å². The van der Waals surface area contributed by atoms with E-state index < -0.39 is 5.91 Å². The molecule has 3 aromatic heterocycles. The van der Waals surface area contributed by atoms with Gasteiger partial charge in [-0.2, -0.15) is 5.26 Å². The minimum Gasteiger partial charge on any atom is -0.364 e. The number of nitrogens with one attached hydrogen (secondary N) is 1. The number of aromatic amines is 1. The van der Waals surface area contributed by atoms with Gasteiger partial charge in [0.25, 0.3) is 11.5 Å². The second-order valence-electron chi connectivity index (χ2n) is 9.91. The SMILES string of the molecule is N#Cc1ccc2c(c1)CN(CC1CCN(c3nccc4nc[nH]c(=O)c34)CC1)C(=O)N2c1ccnc(C(N)=O)c1. The molecule has 1 aromatic carbocycles. The third-order valence-electron chi connectivity index (χ3n) is 7.45. The lowest BCUT2D eigenvalue weighted by molar-refractivity contribution is 0.0995. The summed E-state index contributed by atoms with van der Waals surface area (Å²) in [6, 6.07) is 12.0. The molecule has 0 atom stereocenters. The van der Waals surface area contributed by atoms with Crippen LogP contribution in [0.5, 0.6) is 0 Å². The van der Waals surface area contributed by atoms with Crippen molar-refractivity contribution in [3.05, 3.63) is 82.3 Å². The number of nitrogens with zero attached hydrogens (tertiary/aromatic N) is 7. The number of aromatic nitrogens is 4. The summed E-state index contributed by atoms with van der Waals surface area (Å²) in [5.74, 6) is 0.146. The van der Waals surface area contributed by atoms with Crippen LogP contribution in [0.3, 0.4) is 0 Å². The van der Waals surface area contributed by atoms with E-state index in [0.717, 1.165) is 18.4 Å². The lowest BCUT2D eigenvalue weighted by Crippen LogP contribution is -2.48. The summed E-state index contributed by atoms with van der Waals surface area (Å²) in [6.45, 7) is 2.23. The first-order valence-electron chi connectivity index (χ1n) is 12.9. The molecule has 0 bridgehead atoms. The Morgan fingerprint density at radius 2 is 1.88 bits per heavy atom. The first-order valence-corrected chi connectivity index (χ1v) is 12.9. The van der Waals surface area contributed by atoms with Crippen LogP contribution in [-0.2, 0) is 6.54 Å². The number of nitriles is 1. The Balaban J connectivity index is 1.24. The van der Waals surface area contributed by atoms with Crippen LogP contribution in [0, 0.1) is 17.2 Å². The molecule has 12 nitrogen and oxygen atoms in total. The quantitative estimate of drug-likeness (QED) is 0.394. The van der Waals surface area contributed by atoms with Crippen molar-refractivity contribution in [1.82, 2.24) is 24.8 Å². The summed E-state index contributed by atoms with van der Waals surface area (Å²) in [4.78, 5) is 58.9. The van der Waals surface area contributed by atoms with Crippen molar-refractivity contribution in [3.8, 4) is 6.07 Å². The number of piperidine rings is 1. The number of carbonyl (C=O) groups excluding carboxylic acids is 2. The lowest BCUT2D eigenvalue weighted by Gasteiger charge is -2.40. The van der Waals surface area contributed by atoms with Gasteiger partial charge in [0.15, 0.2) is 0 Å².